The maximum absolute atomic E-state index is 7.00. The fourth-order valence-electron chi connectivity index (χ4n) is 0.524. The molecule has 3 N–H and O–H groups in total. The third-order valence-electron chi connectivity index (χ3n) is 0.981. The number of nitrogens with two attached hydrogens (primary N) is 1. The van der Waals surface area contributed by atoms with Crippen LogP contribution in [0, 0.1) is 5.41 Å². The van der Waals surface area contributed by atoms with E-state index in [0.717, 1.165) is 0 Å². The summed E-state index contributed by atoms with van der Waals surface area (Å²) in [5.74, 6) is 0.160. The molecule has 1 atom stereocenters. The van der Waals surface area contributed by atoms with Crippen LogP contribution in [0.3, 0.4) is 0 Å². The molecule has 0 spiro atoms. The Morgan fingerprint density at radius 1 is 1.88 bits per heavy atom. The molecule has 3 nitrogen and oxygen atoms in total. The summed E-state index contributed by atoms with van der Waals surface area (Å²) in [6.45, 7) is 0.493. The highest BCUT2D eigenvalue weighted by atomic mass is 16.5. The first-order valence-electron chi connectivity index (χ1n) is 2.44. The van der Waals surface area contributed by atoms with Crippen molar-refractivity contribution in [2.24, 2.45) is 5.73 Å². The molecule has 0 saturated heterocycles. The largest absolute Gasteiger partial charge is 0.476 e. The van der Waals surface area contributed by atoms with Gasteiger partial charge in [0.05, 0.1) is 6.04 Å². The Hall–Kier alpha value is -0.830. The Morgan fingerprint density at radius 3 is 3.00 bits per heavy atom. The lowest BCUT2D eigenvalue weighted by molar-refractivity contribution is 0.325. The fraction of sp³-hybridized carbons (Fsp3) is 0.400. The summed E-state index contributed by atoms with van der Waals surface area (Å²) in [6, 6.07) is -0.316. The molecule has 1 aliphatic rings. The minimum Gasteiger partial charge on any atom is -0.476 e. The van der Waals surface area contributed by atoms with Crippen LogP contribution >= 0.6 is 0 Å². The van der Waals surface area contributed by atoms with E-state index in [2.05, 4.69) is 0 Å². The van der Waals surface area contributed by atoms with Crippen LogP contribution in [0.4, 0.5) is 0 Å². The number of ether oxygens (including phenoxy) is 1. The summed E-state index contributed by atoms with van der Waals surface area (Å²) in [5, 5.41) is 7.00. The maximum Gasteiger partial charge on any atom is 0.202 e. The minimum atomic E-state index is -0.316. The van der Waals surface area contributed by atoms with Crippen LogP contribution in [0.1, 0.15) is 0 Å². The molecule has 0 aromatic carbocycles. The lowest BCUT2D eigenvalue weighted by Crippen LogP contribution is -2.32. The van der Waals surface area contributed by atoms with Crippen LogP contribution in [0.5, 0.6) is 0 Å². The Balaban J connectivity index is 2.60. The van der Waals surface area contributed by atoms with E-state index in [9.17, 15) is 0 Å². The van der Waals surface area contributed by atoms with Crippen LogP contribution in [0.2, 0.25) is 0 Å². The molecule has 0 aliphatic carbocycles. The van der Waals surface area contributed by atoms with Crippen molar-refractivity contribution < 1.29 is 4.74 Å². The predicted octanol–water partition coefficient (Wildman–Crippen LogP) is -0.123. The molecule has 1 heterocycles. The first-order chi connectivity index (χ1) is 3.80. The minimum absolute atomic E-state index is 0.160. The van der Waals surface area contributed by atoms with Gasteiger partial charge in [-0.15, -0.1) is 0 Å². The van der Waals surface area contributed by atoms with E-state index < -0.39 is 0 Å². The molecule has 1 unspecified atom stereocenters. The predicted molar refractivity (Wildman–Crippen MR) is 30.8 cm³/mol. The molecule has 0 aromatic rings. The molecule has 0 radical (unpaired) electrons. The smallest absolute Gasteiger partial charge is 0.202 e. The highest BCUT2D eigenvalue weighted by Crippen LogP contribution is 1.94. The van der Waals surface area contributed by atoms with Crippen molar-refractivity contribution in [2.75, 3.05) is 6.61 Å². The first kappa shape index (κ1) is 5.31. The number of hydrogen-bond acceptors (Lipinski definition) is 3. The second-order valence-corrected chi connectivity index (χ2v) is 1.63. The standard InChI is InChI=1S/C5H8N2O/c6-4-2-1-3-8-5(4)7/h1-2,4,7H,3,6H2. The second kappa shape index (κ2) is 1.96. The summed E-state index contributed by atoms with van der Waals surface area (Å²) in [4.78, 5) is 0. The topological polar surface area (TPSA) is 59.1 Å². The van der Waals surface area contributed by atoms with E-state index in [1.807, 2.05) is 6.08 Å². The Morgan fingerprint density at radius 2 is 2.62 bits per heavy atom. The molecule has 1 rings (SSSR count). The normalized spacial score (nSPS) is 27.6. The zero-order valence-electron chi connectivity index (χ0n) is 4.42. The van der Waals surface area contributed by atoms with Gasteiger partial charge in [0.2, 0.25) is 5.90 Å². The zero-order valence-corrected chi connectivity index (χ0v) is 4.42. The second-order valence-electron chi connectivity index (χ2n) is 1.63. The van der Waals surface area contributed by atoms with Crippen LogP contribution in [-0.4, -0.2) is 18.5 Å². The molecule has 3 heteroatoms. The average Bonchev–Trinajstić information content (AvgIpc) is 1.77. The number of nitrogens with one attached hydrogen (secondary N) is 1. The molecule has 44 valence electrons. The third kappa shape index (κ3) is 0.869. The van der Waals surface area contributed by atoms with Gasteiger partial charge in [-0.05, 0) is 6.08 Å². The monoisotopic (exact) mass is 112 g/mol. The Labute approximate surface area is 47.6 Å². The first-order valence-corrected chi connectivity index (χ1v) is 2.44. The summed E-state index contributed by atoms with van der Waals surface area (Å²) in [6.07, 6.45) is 3.56. The highest BCUT2D eigenvalue weighted by Gasteiger charge is 2.08. The summed E-state index contributed by atoms with van der Waals surface area (Å²) >= 11 is 0. The van der Waals surface area contributed by atoms with Crippen molar-refractivity contribution in [3.8, 4) is 0 Å². The van der Waals surface area contributed by atoms with Gasteiger partial charge in [-0.2, -0.15) is 0 Å². The van der Waals surface area contributed by atoms with Gasteiger partial charge in [-0.3, -0.25) is 5.41 Å². The number of hydrogen-bond donors (Lipinski definition) is 2. The summed E-state index contributed by atoms with van der Waals surface area (Å²) in [5.41, 5.74) is 5.34. The Kier molecular flexibility index (Phi) is 1.30. The molecule has 1 aliphatic heterocycles. The summed E-state index contributed by atoms with van der Waals surface area (Å²) < 4.78 is 4.76. The van der Waals surface area contributed by atoms with Gasteiger partial charge in [0.15, 0.2) is 0 Å². The van der Waals surface area contributed by atoms with Crippen molar-refractivity contribution in [1.29, 1.82) is 5.41 Å². The molecular formula is C5H8N2O. The molecule has 0 aromatic heterocycles. The van der Waals surface area contributed by atoms with Crippen molar-refractivity contribution in [2.45, 2.75) is 6.04 Å². The maximum atomic E-state index is 7.00. The zero-order chi connectivity index (χ0) is 5.98. The van der Waals surface area contributed by atoms with Crippen LogP contribution in [0.25, 0.3) is 0 Å². The lowest BCUT2D eigenvalue weighted by atomic mass is 10.2. The average molecular weight is 112 g/mol. The quantitative estimate of drug-likeness (QED) is 0.429. The molecule has 8 heavy (non-hydrogen) atoms. The van der Waals surface area contributed by atoms with Gasteiger partial charge in [-0.1, -0.05) is 6.08 Å². The molecule has 0 fully saturated rings. The molecule has 0 amide bonds. The molecule has 0 bridgehead atoms. The van der Waals surface area contributed by atoms with Gasteiger partial charge in [0, 0.05) is 0 Å². The van der Waals surface area contributed by atoms with E-state index in [1.54, 1.807) is 6.08 Å². The van der Waals surface area contributed by atoms with Crippen LogP contribution in [-0.2, 0) is 4.74 Å². The van der Waals surface area contributed by atoms with Crippen LogP contribution < -0.4 is 5.73 Å². The third-order valence-corrected chi connectivity index (χ3v) is 0.981. The van der Waals surface area contributed by atoms with Gasteiger partial charge in [0.1, 0.15) is 6.61 Å². The van der Waals surface area contributed by atoms with Crippen molar-refractivity contribution in [3.05, 3.63) is 12.2 Å². The van der Waals surface area contributed by atoms with Gasteiger partial charge < -0.3 is 10.5 Å². The Bertz CT molecular complexity index is 130. The van der Waals surface area contributed by atoms with Crippen LogP contribution in [0.15, 0.2) is 12.2 Å². The van der Waals surface area contributed by atoms with Crippen molar-refractivity contribution in [3.63, 3.8) is 0 Å². The van der Waals surface area contributed by atoms with E-state index in [-0.39, 0.29) is 11.9 Å². The van der Waals surface area contributed by atoms with E-state index in [4.69, 9.17) is 15.9 Å². The highest BCUT2D eigenvalue weighted by molar-refractivity contribution is 5.81. The number of rotatable bonds is 0. The summed E-state index contributed by atoms with van der Waals surface area (Å²) in [7, 11) is 0. The van der Waals surface area contributed by atoms with Gasteiger partial charge >= 0.3 is 0 Å². The van der Waals surface area contributed by atoms with E-state index >= 15 is 0 Å². The van der Waals surface area contributed by atoms with E-state index in [0.29, 0.717) is 6.61 Å². The fourth-order valence-corrected chi connectivity index (χ4v) is 0.524. The van der Waals surface area contributed by atoms with E-state index in [1.165, 1.54) is 0 Å². The van der Waals surface area contributed by atoms with Gasteiger partial charge in [-0.25, -0.2) is 0 Å². The lowest BCUT2D eigenvalue weighted by Gasteiger charge is -2.13. The van der Waals surface area contributed by atoms with Crippen molar-refractivity contribution in [1.82, 2.24) is 0 Å². The molecule has 0 saturated carbocycles. The SMILES string of the molecule is N=C1OCC=CC1N. The molecular weight excluding hydrogens is 104 g/mol. The van der Waals surface area contributed by atoms with Crippen molar-refractivity contribution >= 4 is 5.90 Å². The van der Waals surface area contributed by atoms with Gasteiger partial charge in [0.25, 0.3) is 0 Å².